The molecule has 2 aliphatic rings. The molecule has 0 amide bonds. The summed E-state index contributed by atoms with van der Waals surface area (Å²) < 4.78 is 14.5. The molecule has 1 N–H and O–H groups in total. The predicted molar refractivity (Wildman–Crippen MR) is 276 cm³/mol. The van der Waals surface area contributed by atoms with Gasteiger partial charge in [0.25, 0.3) is 16.6 Å². The van der Waals surface area contributed by atoms with Crippen molar-refractivity contribution >= 4 is 53.3 Å². The number of benzene rings is 4. The first-order chi connectivity index (χ1) is 29.2. The molecule has 0 aromatic heterocycles. The molecule has 4 atom stereocenters. The third-order valence-electron chi connectivity index (χ3n) is 16.0. The van der Waals surface area contributed by atoms with Crippen LogP contribution in [-0.2, 0) is 8.85 Å². The van der Waals surface area contributed by atoms with Crippen molar-refractivity contribution in [3.05, 3.63) is 146 Å². The van der Waals surface area contributed by atoms with E-state index in [-0.39, 0.29) is 38.3 Å². The fourth-order valence-electron chi connectivity index (χ4n) is 11.0. The van der Waals surface area contributed by atoms with E-state index in [9.17, 15) is 5.11 Å². The van der Waals surface area contributed by atoms with Gasteiger partial charge >= 0.3 is 0 Å². The molecule has 3 nitrogen and oxygen atoms in total. The lowest BCUT2D eigenvalue weighted by Crippen LogP contribution is -2.67. The van der Waals surface area contributed by atoms with Crippen molar-refractivity contribution < 1.29 is 14.0 Å². The number of hydrogen-bond acceptors (Lipinski definition) is 3. The highest BCUT2D eigenvalue weighted by Gasteiger charge is 2.56. The summed E-state index contributed by atoms with van der Waals surface area (Å²) in [5.74, 6) is 1.02. The maximum Gasteiger partial charge on any atom is 0.261 e. The van der Waals surface area contributed by atoms with Gasteiger partial charge in [0.1, 0.15) is 0 Å². The molecule has 0 saturated heterocycles. The van der Waals surface area contributed by atoms with Gasteiger partial charge in [-0.2, -0.15) is 0 Å². The van der Waals surface area contributed by atoms with Crippen LogP contribution in [0.4, 0.5) is 0 Å². The quantitative estimate of drug-likeness (QED) is 0.0778. The molecule has 0 heterocycles. The van der Waals surface area contributed by atoms with Gasteiger partial charge < -0.3 is 14.0 Å². The molecule has 0 spiro atoms. The minimum atomic E-state index is -2.51. The van der Waals surface area contributed by atoms with Crippen molar-refractivity contribution in [1.82, 2.24) is 0 Å². The van der Waals surface area contributed by atoms with Crippen molar-refractivity contribution in [2.24, 2.45) is 33.5 Å². The first-order valence-corrected chi connectivity index (χ1v) is 28.1. The third kappa shape index (κ3) is 9.87. The van der Waals surface area contributed by atoms with E-state index in [2.05, 4.69) is 239 Å². The maximum atomic E-state index is 9.32. The summed E-state index contributed by atoms with van der Waals surface area (Å²) >= 11 is 3.56. The highest BCUT2D eigenvalue weighted by atomic mass is 79.9. The number of rotatable bonds is 14. The molecule has 4 aromatic rings. The number of alkyl halides is 1. The largest absolute Gasteiger partial charge is 0.407 e. The summed E-state index contributed by atoms with van der Waals surface area (Å²) in [6.45, 7) is 30.2. The van der Waals surface area contributed by atoms with Gasteiger partial charge in [-0.3, -0.25) is 0 Å². The second-order valence-electron chi connectivity index (χ2n) is 21.8. The zero-order valence-corrected chi connectivity index (χ0v) is 43.9. The maximum absolute atomic E-state index is 9.32. The van der Waals surface area contributed by atoms with Crippen LogP contribution in [0.15, 0.2) is 146 Å². The van der Waals surface area contributed by atoms with Crippen LogP contribution in [0.2, 0.25) is 10.1 Å². The van der Waals surface area contributed by atoms with Crippen LogP contribution in [0, 0.1) is 33.5 Å². The normalized spacial score (nSPS) is 24.0. The van der Waals surface area contributed by atoms with E-state index >= 15 is 0 Å². The predicted octanol–water partition coefficient (Wildman–Crippen LogP) is 12.5. The van der Waals surface area contributed by atoms with E-state index in [4.69, 9.17) is 8.85 Å². The van der Waals surface area contributed by atoms with Crippen molar-refractivity contribution in [3.63, 3.8) is 0 Å². The molecule has 0 unspecified atom stereocenters. The first-order valence-electron chi connectivity index (χ1n) is 23.2. The highest BCUT2D eigenvalue weighted by Crippen LogP contribution is 2.58. The molecular weight excluding hydrogens is 857 g/mol. The van der Waals surface area contributed by atoms with E-state index in [1.165, 1.54) is 33.6 Å². The van der Waals surface area contributed by atoms with Gasteiger partial charge in [-0.15, -0.1) is 0 Å². The van der Waals surface area contributed by atoms with Crippen molar-refractivity contribution in [1.29, 1.82) is 0 Å². The Morgan fingerprint density at radius 3 is 1.08 bits per heavy atom. The number of allylic oxidation sites excluding steroid dienone is 3. The zero-order valence-electron chi connectivity index (χ0n) is 40.3. The Balaban J connectivity index is 0.000000234. The molecule has 0 bridgehead atoms. The number of aliphatic hydroxyl groups excluding tert-OH is 1. The Labute approximate surface area is 388 Å². The Morgan fingerprint density at radius 2 is 0.823 bits per heavy atom. The Morgan fingerprint density at radius 1 is 0.532 bits per heavy atom. The second kappa shape index (κ2) is 20.1. The minimum absolute atomic E-state index is 0.00144. The number of aliphatic hydroxyl groups is 1. The molecular formula is C56H79BrO3Si2. The standard InChI is InChI=1S/C28H39BrOSi.C28H40O2Si/c2*1-26(2,3)31(24-14-9-7-10-15-24,25-16-11-8-12-17-25)30-22-23-18-20-28(6,19-13-21-29)27(23,4)5/h7-17,19,23H,18,20-22H2,1-6H3;7-17,19,23,29H,18,20-22H2,1-6H3/b2*19-13+/t2*23-,28-/m00/s1. The fraction of sp³-hybridized carbons (Fsp3) is 0.500. The number of hydrogen-bond donors (Lipinski definition) is 1. The first kappa shape index (κ1) is 50.2. The van der Waals surface area contributed by atoms with Gasteiger partial charge in [-0.25, -0.2) is 0 Å². The lowest BCUT2D eigenvalue weighted by molar-refractivity contribution is 0.0909. The van der Waals surface area contributed by atoms with E-state index in [1.54, 1.807) is 0 Å². The van der Waals surface area contributed by atoms with Crippen LogP contribution in [0.25, 0.3) is 0 Å². The monoisotopic (exact) mass is 934 g/mol. The van der Waals surface area contributed by atoms with Crippen LogP contribution in [-0.4, -0.2) is 46.9 Å². The summed E-state index contributed by atoms with van der Waals surface area (Å²) in [6.07, 6.45) is 13.6. The van der Waals surface area contributed by atoms with Gasteiger partial charge in [0.05, 0.1) is 6.61 Å². The van der Waals surface area contributed by atoms with Gasteiger partial charge in [-0.1, -0.05) is 245 Å². The Hall–Kier alpha value is -2.85. The average Bonchev–Trinajstić information content (AvgIpc) is 3.61. The van der Waals surface area contributed by atoms with Crippen LogP contribution in [0.3, 0.4) is 0 Å². The fourth-order valence-corrected chi connectivity index (χ4v) is 20.4. The highest BCUT2D eigenvalue weighted by molar-refractivity contribution is 9.09. The van der Waals surface area contributed by atoms with Gasteiger partial charge in [0, 0.05) is 18.5 Å². The molecule has 4 aromatic carbocycles. The molecule has 62 heavy (non-hydrogen) atoms. The summed E-state index contributed by atoms with van der Waals surface area (Å²) in [5.41, 5.74) is 0.580. The van der Waals surface area contributed by atoms with Gasteiger partial charge in [0.15, 0.2) is 0 Å². The van der Waals surface area contributed by atoms with Crippen LogP contribution in [0.1, 0.15) is 109 Å². The minimum Gasteiger partial charge on any atom is -0.407 e. The lowest BCUT2D eigenvalue weighted by Gasteiger charge is -2.45. The average molecular weight is 936 g/mol. The summed E-state index contributed by atoms with van der Waals surface area (Å²) in [7, 11) is -4.99. The second-order valence-corrected chi connectivity index (χ2v) is 31.1. The van der Waals surface area contributed by atoms with Gasteiger partial charge in [0.2, 0.25) is 0 Å². The number of halogens is 1. The lowest BCUT2D eigenvalue weighted by atomic mass is 9.66. The van der Waals surface area contributed by atoms with E-state index < -0.39 is 16.6 Å². The molecule has 2 fully saturated rings. The van der Waals surface area contributed by atoms with Crippen molar-refractivity contribution in [3.8, 4) is 0 Å². The molecule has 0 aliphatic heterocycles. The Bertz CT molecular complexity index is 1810. The smallest absolute Gasteiger partial charge is 0.261 e. The van der Waals surface area contributed by atoms with Crippen LogP contribution < -0.4 is 20.7 Å². The van der Waals surface area contributed by atoms with E-state index in [0.717, 1.165) is 31.4 Å². The summed E-state index contributed by atoms with van der Waals surface area (Å²) in [5, 5.41) is 15.7. The van der Waals surface area contributed by atoms with Crippen LogP contribution in [0.5, 0.6) is 0 Å². The Kier molecular flexibility index (Phi) is 16.3. The molecule has 6 rings (SSSR count). The summed E-state index contributed by atoms with van der Waals surface area (Å²) in [4.78, 5) is 0. The SMILES string of the molecule is CC1(C)[C@H](CO[Si](c2ccccc2)(c2ccccc2)C(C)(C)C)CC[C@]1(C)/C=C/CBr.CC1(C)[C@H](CO[Si](c2ccccc2)(c2ccccc2)C(C)(C)C)CC[C@]1(C)/C=C/CO. The van der Waals surface area contributed by atoms with E-state index in [0.29, 0.717) is 11.8 Å². The summed E-state index contributed by atoms with van der Waals surface area (Å²) in [6, 6.07) is 43.8. The molecule has 2 saturated carbocycles. The van der Waals surface area contributed by atoms with Crippen molar-refractivity contribution in [2.75, 3.05) is 25.2 Å². The van der Waals surface area contributed by atoms with Gasteiger partial charge in [-0.05, 0) is 90.0 Å². The molecule has 6 heteroatoms. The van der Waals surface area contributed by atoms with Crippen LogP contribution >= 0.6 is 15.9 Å². The zero-order chi connectivity index (χ0) is 45.5. The van der Waals surface area contributed by atoms with E-state index in [1.807, 2.05) is 6.08 Å². The molecule has 336 valence electrons. The molecule has 2 aliphatic carbocycles. The topological polar surface area (TPSA) is 38.7 Å². The van der Waals surface area contributed by atoms with Crippen molar-refractivity contribution in [2.45, 2.75) is 119 Å². The molecule has 0 radical (unpaired) electrons. The third-order valence-corrected chi connectivity index (χ3v) is 26.4.